The summed E-state index contributed by atoms with van der Waals surface area (Å²) in [6, 6.07) is 1.82. The number of aromatic amines is 1. The van der Waals surface area contributed by atoms with Gasteiger partial charge in [-0.3, -0.25) is 9.50 Å². The third kappa shape index (κ3) is 3.79. The number of sulfonamides is 1. The molecule has 32 heavy (non-hydrogen) atoms. The summed E-state index contributed by atoms with van der Waals surface area (Å²) in [7, 11) is -2.11. The normalized spacial score (nSPS) is 17.1. The zero-order valence-electron chi connectivity index (χ0n) is 17.7. The van der Waals surface area contributed by atoms with Gasteiger partial charge in [-0.05, 0) is 45.0 Å². The Kier molecular flexibility index (Phi) is 5.45. The van der Waals surface area contributed by atoms with E-state index in [9.17, 15) is 8.42 Å². The van der Waals surface area contributed by atoms with Gasteiger partial charge in [0, 0.05) is 30.4 Å². The van der Waals surface area contributed by atoms with Gasteiger partial charge in [0.2, 0.25) is 10.0 Å². The molecule has 10 nitrogen and oxygen atoms in total. The van der Waals surface area contributed by atoms with Crippen molar-refractivity contribution >= 4 is 37.8 Å². The summed E-state index contributed by atoms with van der Waals surface area (Å²) in [4.78, 5) is 9.53. The average Bonchev–Trinajstić information content (AvgIpc) is 3.54. The maximum atomic E-state index is 12.3. The van der Waals surface area contributed by atoms with E-state index in [1.807, 2.05) is 22.9 Å². The number of hydrogen-bond acceptors (Lipinski definition) is 8. The van der Waals surface area contributed by atoms with Crippen molar-refractivity contribution < 1.29 is 8.42 Å². The lowest BCUT2D eigenvalue weighted by atomic mass is 9.96. The molecule has 12 heteroatoms. The molecule has 168 valence electrons. The van der Waals surface area contributed by atoms with Crippen molar-refractivity contribution in [1.82, 2.24) is 34.6 Å². The Labute approximate surface area is 189 Å². The number of rotatable bonds is 6. The van der Waals surface area contributed by atoms with E-state index in [2.05, 4.69) is 30.5 Å². The zero-order valence-corrected chi connectivity index (χ0v) is 19.3. The highest BCUT2D eigenvalue weighted by atomic mass is 32.2. The maximum absolute atomic E-state index is 12.3. The van der Waals surface area contributed by atoms with Crippen LogP contribution >= 0.6 is 11.3 Å². The summed E-state index contributed by atoms with van der Waals surface area (Å²) in [5, 5.41) is 14.4. The fourth-order valence-corrected chi connectivity index (χ4v) is 6.43. The highest BCUT2D eigenvalue weighted by molar-refractivity contribution is 7.91. The highest BCUT2D eigenvalue weighted by Gasteiger charge is 2.23. The number of nitrogens with one attached hydrogen (secondary N) is 4. The van der Waals surface area contributed by atoms with Crippen molar-refractivity contribution in [3.8, 4) is 11.3 Å². The van der Waals surface area contributed by atoms with Crippen LogP contribution in [0.25, 0.3) is 16.9 Å². The van der Waals surface area contributed by atoms with Crippen LogP contribution in [0.3, 0.4) is 0 Å². The number of piperidine rings is 1. The SMILES string of the molecule is CNS(=O)(=O)c1sc(Nc2nc(C3CCCNC3)cn3c(-c4cn[nH]c4)cnc23)cc1C. The summed E-state index contributed by atoms with van der Waals surface area (Å²) in [6.45, 7) is 3.67. The Hall–Kier alpha value is -2.80. The van der Waals surface area contributed by atoms with E-state index in [0.717, 1.165) is 42.9 Å². The van der Waals surface area contributed by atoms with Crippen LogP contribution in [0.15, 0.2) is 35.1 Å². The average molecular weight is 473 g/mol. The standard InChI is InChI=1S/C20H24N8O2S2/c1-12-6-17(31-20(12)32(29,30)21-2)27-18-19-23-10-16(14-8-24-25-9-14)28(19)11-15(26-18)13-4-3-5-22-7-13/h6,8-11,13,21-22H,3-5,7H2,1-2H3,(H,24,25)(H,26,27). The number of aryl methyl sites for hydroxylation is 1. The zero-order chi connectivity index (χ0) is 22.3. The fourth-order valence-electron chi connectivity index (χ4n) is 4.00. The largest absolute Gasteiger partial charge is 0.329 e. The summed E-state index contributed by atoms with van der Waals surface area (Å²) in [6.07, 6.45) is 9.59. The van der Waals surface area contributed by atoms with Gasteiger partial charge in [0.15, 0.2) is 11.5 Å². The second-order valence-corrected chi connectivity index (χ2v) is 10.9. The Morgan fingerprint density at radius 1 is 1.31 bits per heavy atom. The molecule has 0 saturated carbocycles. The lowest BCUT2D eigenvalue weighted by Gasteiger charge is -2.23. The molecule has 1 aliphatic rings. The van der Waals surface area contributed by atoms with Crippen LogP contribution in [0.5, 0.6) is 0 Å². The molecule has 0 aliphatic carbocycles. The predicted molar refractivity (Wildman–Crippen MR) is 124 cm³/mol. The molecule has 0 spiro atoms. The third-order valence-corrected chi connectivity index (χ3v) is 8.85. The lowest BCUT2D eigenvalue weighted by Crippen LogP contribution is -2.29. The van der Waals surface area contributed by atoms with E-state index in [-0.39, 0.29) is 4.21 Å². The summed E-state index contributed by atoms with van der Waals surface area (Å²) in [5.41, 5.74) is 4.14. The molecule has 4 aromatic heterocycles. The molecule has 0 bridgehead atoms. The number of thiophene rings is 1. The summed E-state index contributed by atoms with van der Waals surface area (Å²) < 4.78 is 29.3. The molecule has 1 saturated heterocycles. The number of aromatic nitrogens is 5. The molecule has 0 aromatic carbocycles. The van der Waals surface area contributed by atoms with Crippen molar-refractivity contribution in [1.29, 1.82) is 0 Å². The monoisotopic (exact) mass is 472 g/mol. The highest BCUT2D eigenvalue weighted by Crippen LogP contribution is 2.34. The Balaban J connectivity index is 1.61. The number of fused-ring (bicyclic) bond motifs is 1. The van der Waals surface area contributed by atoms with E-state index in [0.29, 0.717) is 27.9 Å². The molecular weight excluding hydrogens is 448 g/mol. The van der Waals surface area contributed by atoms with Crippen LogP contribution < -0.4 is 15.4 Å². The second-order valence-electron chi connectivity index (χ2n) is 7.80. The van der Waals surface area contributed by atoms with Crippen molar-refractivity contribution in [2.75, 3.05) is 25.5 Å². The molecule has 0 amide bonds. The van der Waals surface area contributed by atoms with Gasteiger partial charge in [0.25, 0.3) is 0 Å². The number of H-pyrrole nitrogens is 1. The number of imidazole rings is 1. The molecule has 4 N–H and O–H groups in total. The predicted octanol–water partition coefficient (Wildman–Crippen LogP) is 2.61. The Bertz CT molecular complexity index is 1350. The topological polar surface area (TPSA) is 129 Å². The van der Waals surface area contributed by atoms with E-state index in [1.54, 1.807) is 19.3 Å². The molecule has 5 heterocycles. The maximum Gasteiger partial charge on any atom is 0.250 e. The minimum absolute atomic E-state index is 0.286. The molecule has 1 aliphatic heterocycles. The fraction of sp³-hybridized carbons (Fsp3) is 0.350. The first-order valence-electron chi connectivity index (χ1n) is 10.3. The molecule has 0 radical (unpaired) electrons. The first kappa shape index (κ1) is 21.1. The number of hydrogen-bond donors (Lipinski definition) is 4. The minimum atomic E-state index is -3.53. The van der Waals surface area contributed by atoms with Gasteiger partial charge < -0.3 is 10.6 Å². The van der Waals surface area contributed by atoms with Crippen LogP contribution in [0, 0.1) is 6.92 Å². The molecule has 1 atom stereocenters. The van der Waals surface area contributed by atoms with Crippen LogP contribution in [0.1, 0.15) is 30.0 Å². The van der Waals surface area contributed by atoms with Crippen molar-refractivity contribution in [3.05, 3.63) is 42.1 Å². The van der Waals surface area contributed by atoms with Crippen LogP contribution in [-0.2, 0) is 10.0 Å². The number of anilines is 2. The van der Waals surface area contributed by atoms with Crippen molar-refractivity contribution in [3.63, 3.8) is 0 Å². The first-order chi connectivity index (χ1) is 15.5. The Morgan fingerprint density at radius 3 is 2.91 bits per heavy atom. The van der Waals surface area contributed by atoms with Gasteiger partial charge in [-0.1, -0.05) is 0 Å². The molecule has 5 rings (SSSR count). The van der Waals surface area contributed by atoms with Crippen LogP contribution in [0.4, 0.5) is 10.8 Å². The van der Waals surface area contributed by atoms with Gasteiger partial charge in [-0.2, -0.15) is 5.10 Å². The molecule has 4 aromatic rings. The van der Waals surface area contributed by atoms with Crippen molar-refractivity contribution in [2.24, 2.45) is 0 Å². The van der Waals surface area contributed by atoms with Gasteiger partial charge in [0.05, 0.1) is 28.8 Å². The Morgan fingerprint density at radius 2 is 2.19 bits per heavy atom. The van der Waals surface area contributed by atoms with E-state index in [4.69, 9.17) is 4.98 Å². The minimum Gasteiger partial charge on any atom is -0.329 e. The van der Waals surface area contributed by atoms with Crippen LogP contribution in [0.2, 0.25) is 0 Å². The smallest absolute Gasteiger partial charge is 0.250 e. The molecule has 1 fully saturated rings. The summed E-state index contributed by atoms with van der Waals surface area (Å²) in [5.74, 6) is 0.885. The second kappa shape index (κ2) is 8.28. The number of nitrogens with zero attached hydrogens (tertiary/aromatic N) is 4. The lowest BCUT2D eigenvalue weighted by molar-refractivity contribution is 0.454. The molecular formula is C20H24N8O2S2. The van der Waals surface area contributed by atoms with Gasteiger partial charge in [0.1, 0.15) is 4.21 Å². The van der Waals surface area contributed by atoms with Gasteiger partial charge >= 0.3 is 0 Å². The van der Waals surface area contributed by atoms with E-state index < -0.39 is 10.0 Å². The third-order valence-electron chi connectivity index (χ3n) is 5.65. The van der Waals surface area contributed by atoms with E-state index in [1.165, 1.54) is 18.4 Å². The van der Waals surface area contributed by atoms with Gasteiger partial charge in [-0.25, -0.2) is 23.1 Å². The first-order valence-corrected chi connectivity index (χ1v) is 12.6. The molecule has 1 unspecified atom stereocenters. The van der Waals surface area contributed by atoms with E-state index >= 15 is 0 Å². The van der Waals surface area contributed by atoms with Gasteiger partial charge in [-0.15, -0.1) is 11.3 Å². The quantitative estimate of drug-likeness (QED) is 0.339. The van der Waals surface area contributed by atoms with Crippen LogP contribution in [-0.4, -0.2) is 53.1 Å². The van der Waals surface area contributed by atoms with Crippen molar-refractivity contribution in [2.45, 2.75) is 29.9 Å². The summed E-state index contributed by atoms with van der Waals surface area (Å²) >= 11 is 1.17.